The van der Waals surface area contributed by atoms with Crippen LogP contribution in [0.4, 0.5) is 17.6 Å². The van der Waals surface area contributed by atoms with Crippen LogP contribution in [0.25, 0.3) is 0 Å². The fraction of sp³-hybridized carbons (Fsp3) is 0.927. The summed E-state index contributed by atoms with van der Waals surface area (Å²) >= 11 is 0. The van der Waals surface area contributed by atoms with Crippen molar-refractivity contribution in [2.75, 3.05) is 177 Å². The van der Waals surface area contributed by atoms with Crippen molar-refractivity contribution in [2.24, 2.45) is 0 Å². The molecule has 0 saturated carbocycles. The summed E-state index contributed by atoms with van der Waals surface area (Å²) in [7, 11) is 0. The first-order valence-electron chi connectivity index (χ1n) is 39.8. The lowest BCUT2D eigenvalue weighted by Crippen LogP contribution is -2.62. The number of β-amino-alcohol motifs (C(OH)–C–C–N with tert-alkyl or cyclic N) is 1. The van der Waals surface area contributed by atoms with Gasteiger partial charge in [-0.2, -0.15) is 0 Å². The first kappa shape index (κ1) is 91.7. The maximum Gasteiger partial charge on any atom is 0.257 e. The predicted octanol–water partition coefficient (Wildman–Crippen LogP) is 13.4. The van der Waals surface area contributed by atoms with Gasteiger partial charge in [0.2, 0.25) is 0 Å². The third kappa shape index (κ3) is 33.0. The molecule has 0 unspecified atom stereocenters. The van der Waals surface area contributed by atoms with E-state index in [0.717, 1.165) is 124 Å². The highest BCUT2D eigenvalue weighted by molar-refractivity contribution is 5.15. The first-order valence-corrected chi connectivity index (χ1v) is 39.8. The van der Waals surface area contributed by atoms with Crippen molar-refractivity contribution in [3.63, 3.8) is 0 Å². The summed E-state index contributed by atoms with van der Waals surface area (Å²) in [6, 6.07) is 13.8. The Hall–Kier alpha value is -1.66. The summed E-state index contributed by atoms with van der Waals surface area (Å²) in [5.74, 6) is -2.60. The molecular weight excluding hydrogens is 1280 g/mol. The van der Waals surface area contributed by atoms with E-state index in [4.69, 9.17) is 9.47 Å². The molecule has 15 nitrogen and oxygen atoms in total. The minimum Gasteiger partial charge on any atom is -0.388 e. The number of hydrogen-bond acceptors (Lipinski definition) is 15. The largest absolute Gasteiger partial charge is 0.388 e. The molecule has 1 aromatic rings. The number of benzene rings is 1. The molecule has 8 aliphatic rings. The third-order valence-electron chi connectivity index (χ3n) is 22.6. The van der Waals surface area contributed by atoms with Crippen molar-refractivity contribution < 1.29 is 32.1 Å². The number of halogens is 4. The molecule has 0 amide bonds. The van der Waals surface area contributed by atoms with Gasteiger partial charge < -0.3 is 14.6 Å². The Balaban J connectivity index is 0.000000258. The van der Waals surface area contributed by atoms with Gasteiger partial charge in [-0.05, 0) is 192 Å². The highest BCUT2D eigenvalue weighted by atomic mass is 19.3. The number of alkyl halides is 4. The Morgan fingerprint density at radius 2 is 0.683 bits per heavy atom. The highest BCUT2D eigenvalue weighted by Gasteiger charge is 2.41. The van der Waals surface area contributed by atoms with Gasteiger partial charge in [0.25, 0.3) is 5.92 Å². The molecule has 0 aliphatic carbocycles. The number of aliphatic hydroxyl groups is 1. The van der Waals surface area contributed by atoms with Gasteiger partial charge >= 0.3 is 0 Å². The number of ether oxygens (including phenoxy) is 2. The van der Waals surface area contributed by atoms with Crippen molar-refractivity contribution in [2.45, 2.75) is 318 Å². The van der Waals surface area contributed by atoms with Crippen LogP contribution in [-0.4, -0.2) is 333 Å². The van der Waals surface area contributed by atoms with Gasteiger partial charge in [0, 0.05) is 273 Å². The Bertz CT molecular complexity index is 2320. The fourth-order valence-electron chi connectivity index (χ4n) is 16.0. The van der Waals surface area contributed by atoms with Gasteiger partial charge in [-0.3, -0.25) is 58.8 Å². The van der Waals surface area contributed by atoms with Crippen molar-refractivity contribution in [1.82, 2.24) is 58.8 Å². The zero-order chi connectivity index (χ0) is 76.5. The average molecular weight is 1440 g/mol. The molecule has 8 heterocycles. The molecule has 0 bridgehead atoms. The maximum absolute atomic E-state index is 14.6. The number of piperazine rings is 6. The molecule has 1 aromatic carbocycles. The molecule has 1 N–H and O–H groups in total. The number of likely N-dealkylation sites (N-methyl/N-ethyl adjacent to an activating group) is 1. The number of rotatable bonds is 11. The molecule has 0 aromatic heterocycles. The monoisotopic (exact) mass is 1440 g/mol. The minimum absolute atomic E-state index is 0.114. The van der Waals surface area contributed by atoms with Crippen molar-refractivity contribution in [1.29, 1.82) is 0 Å². The lowest BCUT2D eigenvalue weighted by molar-refractivity contribution is -0.0864. The normalized spacial score (nSPS) is 27.5. The highest BCUT2D eigenvalue weighted by Crippen LogP contribution is 2.31. The summed E-state index contributed by atoms with van der Waals surface area (Å²) in [4.78, 5) is 29.2. The summed E-state index contributed by atoms with van der Waals surface area (Å²) in [5.41, 5.74) is 0.295. The van der Waals surface area contributed by atoms with Crippen molar-refractivity contribution in [3.05, 3.63) is 35.9 Å². The van der Waals surface area contributed by atoms with E-state index >= 15 is 0 Å². The lowest BCUT2D eigenvalue weighted by atomic mass is 9.93. The van der Waals surface area contributed by atoms with Crippen LogP contribution in [-0.2, 0) is 16.0 Å². The van der Waals surface area contributed by atoms with Gasteiger partial charge in [0.15, 0.2) is 0 Å². The zero-order valence-corrected chi connectivity index (χ0v) is 70.6. The van der Waals surface area contributed by atoms with E-state index in [1.807, 2.05) is 18.7 Å². The summed E-state index contributed by atoms with van der Waals surface area (Å²) < 4.78 is 64.8. The van der Waals surface area contributed by atoms with E-state index < -0.39 is 22.9 Å². The molecular formula is C82H160F4N12O3. The molecule has 19 heteroatoms. The molecule has 0 spiro atoms. The van der Waals surface area contributed by atoms with E-state index in [1.54, 1.807) is 13.8 Å². The molecule has 8 aliphatic heterocycles. The third-order valence-corrected chi connectivity index (χ3v) is 22.6. The quantitative estimate of drug-likeness (QED) is 0.214. The van der Waals surface area contributed by atoms with Crippen molar-refractivity contribution >= 4 is 0 Å². The number of nitrogens with zero attached hydrogens (tertiary/aromatic N) is 12. The summed E-state index contributed by atoms with van der Waals surface area (Å²) in [6.45, 7) is 86.4. The van der Waals surface area contributed by atoms with Crippen LogP contribution in [0.1, 0.15) is 225 Å². The Morgan fingerprint density at radius 3 is 0.990 bits per heavy atom. The van der Waals surface area contributed by atoms with Gasteiger partial charge in [-0.15, -0.1) is 0 Å². The lowest BCUT2D eigenvalue weighted by Gasteiger charge is -2.49. The Kier molecular flexibility index (Phi) is 35.5. The fourth-order valence-corrected chi connectivity index (χ4v) is 16.0. The SMILES string of the molecule is CC(C)(C)N1CCN(CC2(F)CCOCC2)CC1.CC(C)(C)N1CCN(CC2(O)CCOCC2)CC1.CC(C)(F)CN1CCN(C(C)(C)C)CC1.CCN1[C@H](C)CN(C(C)(C)C)C[C@@H]1C.C[C@@H]1CN(C(C)(C)C)C[C@H](C)N1CC(C)(F)F.C[C@@H]1CN(C(C)(C)C)C[C@H](C)N1Cc1ccccc1. The molecule has 0 radical (unpaired) electrons. The minimum atomic E-state index is -2.60. The van der Waals surface area contributed by atoms with E-state index in [-0.39, 0.29) is 46.3 Å². The van der Waals surface area contributed by atoms with Gasteiger partial charge in [-0.1, -0.05) is 37.3 Å². The second kappa shape index (κ2) is 39.1. The molecule has 8 saturated heterocycles. The van der Waals surface area contributed by atoms with Crippen LogP contribution in [0.15, 0.2) is 30.3 Å². The molecule has 6 atom stereocenters. The van der Waals surface area contributed by atoms with E-state index in [2.05, 4.69) is 243 Å². The standard InChI is InChI=1S/C17H28N2.C14H27FN2O.C14H28N2O2.C13H26F2N2.C12H25FN2.C12H26N2/c1-14-11-18(17(3,4)5)12-15(2)19(14)13-16-9-7-6-8-10-16;1-13(2,3)17-8-6-16(7-9-17)12-14(15)4-10-18-11-5-14;1-13(2,3)16-8-6-15(7-9-16)12-14(17)4-10-18-11-5-14;1-10-7-16(12(3,4)5)8-11(2)17(10)9-13(6,14)15;1-11(2,3)15-8-6-14(7-9-15)10-12(4,5)13;1-7-14-10(2)8-13(9-11(14)3)12(4,5)6/h6-10,14-15H,11-13H2,1-5H3;4-12H2,1-3H3;17H,4-12H2,1-3H3;10-11H,7-9H2,1-6H3;6-10H2,1-5H3;10-11H,7-9H2,1-6H3/t14-,15+;;;10-,11+;;10-,11+. The predicted molar refractivity (Wildman–Crippen MR) is 420 cm³/mol. The molecule has 8 fully saturated rings. The number of hydrogen-bond donors (Lipinski definition) is 1. The van der Waals surface area contributed by atoms with E-state index in [0.29, 0.717) is 82.1 Å². The zero-order valence-electron chi connectivity index (χ0n) is 70.6. The van der Waals surface area contributed by atoms with Crippen molar-refractivity contribution in [3.8, 4) is 0 Å². The molecule has 594 valence electrons. The van der Waals surface area contributed by atoms with Gasteiger partial charge in [0.05, 0.1) is 12.1 Å². The second-order valence-corrected chi connectivity index (χ2v) is 38.7. The van der Waals surface area contributed by atoms with Crippen LogP contribution in [0.2, 0.25) is 0 Å². The van der Waals surface area contributed by atoms with Crippen LogP contribution < -0.4 is 0 Å². The smallest absolute Gasteiger partial charge is 0.257 e. The van der Waals surface area contributed by atoms with Crippen LogP contribution in [0.3, 0.4) is 0 Å². The Labute approximate surface area is 619 Å². The van der Waals surface area contributed by atoms with Crippen LogP contribution >= 0.6 is 0 Å². The average Bonchev–Trinajstić information content (AvgIpc) is 0.824. The Morgan fingerprint density at radius 1 is 0.386 bits per heavy atom. The van der Waals surface area contributed by atoms with E-state index in [1.165, 1.54) is 38.3 Å². The van der Waals surface area contributed by atoms with Crippen LogP contribution in [0, 0.1) is 0 Å². The maximum atomic E-state index is 14.6. The van der Waals surface area contributed by atoms with Crippen LogP contribution in [0.5, 0.6) is 0 Å². The van der Waals surface area contributed by atoms with Gasteiger partial charge in [-0.25, -0.2) is 17.6 Å². The second-order valence-electron chi connectivity index (χ2n) is 38.7. The van der Waals surface area contributed by atoms with E-state index in [9.17, 15) is 22.7 Å². The summed E-state index contributed by atoms with van der Waals surface area (Å²) in [5, 5.41) is 10.5. The van der Waals surface area contributed by atoms with Gasteiger partial charge in [0.1, 0.15) is 11.3 Å². The molecule has 101 heavy (non-hydrogen) atoms. The topological polar surface area (TPSA) is 77.6 Å². The summed E-state index contributed by atoms with van der Waals surface area (Å²) in [6.07, 6.45) is 2.69. The first-order chi connectivity index (χ1) is 46.2. The molecule has 9 rings (SSSR count).